The Morgan fingerprint density at radius 1 is 1.31 bits per heavy atom. The molecule has 1 fully saturated rings. The fourth-order valence-electron chi connectivity index (χ4n) is 4.30. The molecule has 3 aromatic rings. The Bertz CT molecular complexity index is 1110. The van der Waals surface area contributed by atoms with Crippen LogP contribution in [0.5, 0.6) is 5.75 Å². The summed E-state index contributed by atoms with van der Waals surface area (Å²) in [4.78, 5) is 11.0. The molecule has 0 saturated carbocycles. The highest BCUT2D eigenvalue weighted by molar-refractivity contribution is 6.31. The number of aromatic nitrogens is 2. The topological polar surface area (TPSA) is 74.3 Å². The molecule has 0 bridgehead atoms. The molecule has 1 atom stereocenters. The van der Waals surface area contributed by atoms with Gasteiger partial charge >= 0.3 is 0 Å². The average molecular weight is 459 g/mol. The number of halogens is 2. The van der Waals surface area contributed by atoms with E-state index in [1.165, 1.54) is 12.4 Å². The van der Waals surface area contributed by atoms with E-state index in [4.69, 9.17) is 16.3 Å². The van der Waals surface area contributed by atoms with Gasteiger partial charge < -0.3 is 20.7 Å². The lowest BCUT2D eigenvalue weighted by molar-refractivity contribution is 0.0541. The first kappa shape index (κ1) is 22.7. The zero-order valence-electron chi connectivity index (χ0n) is 18.5. The lowest BCUT2D eigenvalue weighted by Gasteiger charge is -2.45. The van der Waals surface area contributed by atoms with Gasteiger partial charge in [-0.2, -0.15) is 0 Å². The molecule has 1 aliphatic rings. The van der Waals surface area contributed by atoms with Crippen molar-refractivity contribution in [1.82, 2.24) is 25.5 Å². The Morgan fingerprint density at radius 2 is 2.16 bits per heavy atom. The second-order valence-electron chi connectivity index (χ2n) is 8.05. The monoisotopic (exact) mass is 458 g/mol. The van der Waals surface area contributed by atoms with Gasteiger partial charge in [-0.3, -0.25) is 4.90 Å². The molecule has 170 valence electrons. The van der Waals surface area contributed by atoms with Crippen LogP contribution in [0.15, 0.2) is 36.7 Å². The summed E-state index contributed by atoms with van der Waals surface area (Å²) in [5.74, 6) is 0.735. The van der Waals surface area contributed by atoms with E-state index in [9.17, 15) is 4.39 Å². The minimum atomic E-state index is -0.518. The second-order valence-corrected chi connectivity index (χ2v) is 8.46. The van der Waals surface area contributed by atoms with Gasteiger partial charge in [-0.15, -0.1) is 0 Å². The Labute approximate surface area is 192 Å². The summed E-state index contributed by atoms with van der Waals surface area (Å²) in [5, 5.41) is 10.9. The Kier molecular flexibility index (Phi) is 6.76. The van der Waals surface area contributed by atoms with E-state index in [1.807, 2.05) is 19.2 Å². The van der Waals surface area contributed by atoms with Crippen LogP contribution in [0.1, 0.15) is 18.4 Å². The third kappa shape index (κ3) is 4.36. The van der Waals surface area contributed by atoms with Crippen molar-refractivity contribution < 1.29 is 9.13 Å². The van der Waals surface area contributed by atoms with E-state index in [0.717, 1.165) is 42.6 Å². The first-order chi connectivity index (χ1) is 15.5. The summed E-state index contributed by atoms with van der Waals surface area (Å²) in [7, 11) is 5.76. The van der Waals surface area contributed by atoms with Crippen LogP contribution in [0.2, 0.25) is 5.02 Å². The molecule has 7 nitrogen and oxygen atoms in total. The summed E-state index contributed by atoms with van der Waals surface area (Å²) >= 11 is 5.94. The first-order valence-corrected chi connectivity index (χ1v) is 11.0. The number of rotatable bonds is 7. The Hall–Kier alpha value is -2.52. The van der Waals surface area contributed by atoms with E-state index in [-0.39, 0.29) is 16.4 Å². The molecule has 1 aromatic heterocycles. The van der Waals surface area contributed by atoms with Crippen molar-refractivity contribution in [2.45, 2.75) is 25.0 Å². The average Bonchev–Trinajstić information content (AvgIpc) is 2.82. The molecule has 1 unspecified atom stereocenters. The summed E-state index contributed by atoms with van der Waals surface area (Å²) in [6, 6.07) is 8.73. The minimum absolute atomic E-state index is 0.0517. The molecule has 4 rings (SSSR count). The number of hydrogen-bond donors (Lipinski definition) is 3. The largest absolute Gasteiger partial charge is 0.496 e. The molecule has 32 heavy (non-hydrogen) atoms. The third-order valence-electron chi connectivity index (χ3n) is 6.21. The molecule has 0 amide bonds. The van der Waals surface area contributed by atoms with Crippen molar-refractivity contribution in [3.8, 4) is 5.75 Å². The number of nitrogens with one attached hydrogen (secondary N) is 3. The van der Waals surface area contributed by atoms with Crippen molar-refractivity contribution in [3.63, 3.8) is 0 Å². The van der Waals surface area contributed by atoms with Crippen LogP contribution in [-0.2, 0) is 6.54 Å². The van der Waals surface area contributed by atoms with E-state index in [2.05, 4.69) is 37.9 Å². The van der Waals surface area contributed by atoms with Gasteiger partial charge in [0, 0.05) is 30.1 Å². The number of piperidine rings is 1. The van der Waals surface area contributed by atoms with Gasteiger partial charge in [0.2, 0.25) is 0 Å². The Morgan fingerprint density at radius 3 is 2.88 bits per heavy atom. The van der Waals surface area contributed by atoms with Crippen molar-refractivity contribution in [3.05, 3.63) is 53.1 Å². The molecule has 1 aliphatic heterocycles. The summed E-state index contributed by atoms with van der Waals surface area (Å²) in [6.07, 6.45) is 3.60. The van der Waals surface area contributed by atoms with Crippen LogP contribution in [0.4, 0.5) is 15.9 Å². The number of hydrogen-bond acceptors (Lipinski definition) is 7. The fraction of sp³-hybridized carbons (Fsp3) is 0.391. The highest BCUT2D eigenvalue weighted by Crippen LogP contribution is 2.33. The van der Waals surface area contributed by atoms with E-state index < -0.39 is 5.82 Å². The van der Waals surface area contributed by atoms with Crippen molar-refractivity contribution in [1.29, 1.82) is 0 Å². The number of anilines is 2. The van der Waals surface area contributed by atoms with E-state index >= 15 is 0 Å². The zero-order chi connectivity index (χ0) is 22.7. The molecular weight excluding hydrogens is 431 g/mol. The number of nitrogens with zero attached hydrogens (tertiary/aromatic N) is 3. The quantitative estimate of drug-likeness (QED) is 0.463. The maximum Gasteiger partial charge on any atom is 0.165 e. The van der Waals surface area contributed by atoms with Crippen molar-refractivity contribution in [2.75, 3.05) is 39.6 Å². The van der Waals surface area contributed by atoms with E-state index in [1.54, 1.807) is 19.2 Å². The van der Waals surface area contributed by atoms with Crippen LogP contribution < -0.4 is 20.7 Å². The minimum Gasteiger partial charge on any atom is -0.496 e. The maximum absolute atomic E-state index is 14.5. The van der Waals surface area contributed by atoms with Crippen molar-refractivity contribution in [2.24, 2.45) is 0 Å². The number of benzene rings is 2. The van der Waals surface area contributed by atoms with Crippen LogP contribution in [-0.4, -0.2) is 54.8 Å². The fourth-order valence-corrected chi connectivity index (χ4v) is 4.47. The van der Waals surface area contributed by atoms with Gasteiger partial charge in [0.15, 0.2) is 5.82 Å². The summed E-state index contributed by atoms with van der Waals surface area (Å²) in [6.45, 7) is 2.55. The standard InChI is InChI=1S/C23H28ClFN6O/c1-26-23(8-5-9-27-13-23)31(2)12-15-10-16-19(11-20(15)32-3)28-14-29-22(16)30-18-7-4-6-17(24)21(18)25/h4,6-7,10-11,14,26-27H,5,8-9,12-13H2,1-3H3,(H,28,29,30). The number of ether oxygens (including phenoxy) is 1. The van der Waals surface area contributed by atoms with Crippen molar-refractivity contribution >= 4 is 34.0 Å². The van der Waals surface area contributed by atoms with Crippen LogP contribution >= 0.6 is 11.6 Å². The van der Waals surface area contributed by atoms with Crippen LogP contribution in [0, 0.1) is 5.82 Å². The zero-order valence-corrected chi connectivity index (χ0v) is 19.3. The Balaban J connectivity index is 1.71. The van der Waals surface area contributed by atoms with Gasteiger partial charge in [-0.05, 0) is 51.7 Å². The van der Waals surface area contributed by atoms with E-state index in [0.29, 0.717) is 17.9 Å². The maximum atomic E-state index is 14.5. The molecule has 1 saturated heterocycles. The number of methoxy groups -OCH3 is 1. The summed E-state index contributed by atoms with van der Waals surface area (Å²) < 4.78 is 20.1. The normalized spacial score (nSPS) is 18.8. The molecule has 3 N–H and O–H groups in total. The smallest absolute Gasteiger partial charge is 0.165 e. The molecule has 2 aromatic carbocycles. The molecule has 0 spiro atoms. The SMILES string of the molecule is CNC1(N(C)Cc2cc3c(Nc4cccc(Cl)c4F)ncnc3cc2OC)CCCNC1. The number of fused-ring (bicyclic) bond motifs is 1. The second kappa shape index (κ2) is 9.54. The van der Waals surface area contributed by atoms with Gasteiger partial charge in [0.1, 0.15) is 17.9 Å². The molecular formula is C23H28ClFN6O. The molecule has 2 heterocycles. The lowest BCUT2D eigenvalue weighted by atomic mass is 9.97. The highest BCUT2D eigenvalue weighted by atomic mass is 35.5. The van der Waals surface area contributed by atoms with Gasteiger partial charge in [0.05, 0.1) is 29.0 Å². The van der Waals surface area contributed by atoms with Crippen LogP contribution in [0.3, 0.4) is 0 Å². The first-order valence-electron chi connectivity index (χ1n) is 10.6. The van der Waals surface area contributed by atoms with Gasteiger partial charge in [0.25, 0.3) is 0 Å². The molecule has 0 radical (unpaired) electrons. The van der Waals surface area contributed by atoms with Gasteiger partial charge in [-0.25, -0.2) is 14.4 Å². The number of likely N-dealkylation sites (N-methyl/N-ethyl adjacent to an activating group) is 2. The van der Waals surface area contributed by atoms with Gasteiger partial charge in [-0.1, -0.05) is 17.7 Å². The molecule has 0 aliphatic carbocycles. The molecule has 9 heteroatoms. The predicted octanol–water partition coefficient (Wildman–Crippen LogP) is 3.91. The third-order valence-corrected chi connectivity index (χ3v) is 6.50. The van der Waals surface area contributed by atoms with Crippen LogP contribution in [0.25, 0.3) is 10.9 Å². The predicted molar refractivity (Wildman–Crippen MR) is 126 cm³/mol. The summed E-state index contributed by atoms with van der Waals surface area (Å²) in [5.41, 5.74) is 1.81. The lowest BCUT2D eigenvalue weighted by Crippen LogP contribution is -2.63. The highest BCUT2D eigenvalue weighted by Gasteiger charge is 2.34.